The van der Waals surface area contributed by atoms with Gasteiger partial charge in [0.15, 0.2) is 0 Å². The molecule has 0 spiro atoms. The van der Waals surface area contributed by atoms with Crippen LogP contribution in [0, 0.1) is 6.92 Å². The lowest BCUT2D eigenvalue weighted by Gasteiger charge is -2.23. The summed E-state index contributed by atoms with van der Waals surface area (Å²) < 4.78 is 26.7. The van der Waals surface area contributed by atoms with Gasteiger partial charge in [0.2, 0.25) is 0 Å². The number of nitrogens with two attached hydrogens (primary N) is 1. The Labute approximate surface area is 174 Å². The molecule has 0 aromatic heterocycles. The number of benzene rings is 3. The van der Waals surface area contributed by atoms with Gasteiger partial charge in [-0.25, -0.2) is 18.0 Å². The summed E-state index contributed by atoms with van der Waals surface area (Å²) in [7, 11) is -4.30. The number of aryl methyl sites for hydroxylation is 1. The van der Waals surface area contributed by atoms with Crippen molar-refractivity contribution < 1.29 is 18.0 Å². The average molecular weight is 424 g/mol. The number of nitrogens with one attached hydrogen (secondary N) is 2. The van der Waals surface area contributed by atoms with Crippen LogP contribution in [0.25, 0.3) is 0 Å². The van der Waals surface area contributed by atoms with Crippen LogP contribution in [0.5, 0.6) is 0 Å². The fraction of sp³-hybridized carbons (Fsp3) is 0.0476. The molecule has 3 aromatic rings. The Morgan fingerprint density at radius 3 is 2.07 bits per heavy atom. The Morgan fingerprint density at radius 1 is 0.833 bits per heavy atom. The highest BCUT2D eigenvalue weighted by Gasteiger charge is 2.31. The maximum atomic E-state index is 13.1. The minimum atomic E-state index is -4.30. The normalized spacial score (nSPS) is 10.8. The van der Waals surface area contributed by atoms with Gasteiger partial charge in [-0.15, -0.1) is 0 Å². The average Bonchev–Trinajstić information content (AvgIpc) is 2.70. The molecule has 0 saturated heterocycles. The molecular weight excluding hydrogens is 404 g/mol. The molecule has 0 radical (unpaired) electrons. The largest absolute Gasteiger partial charge is 0.350 e. The number of primary amides is 1. The Morgan fingerprint density at radius 2 is 1.43 bits per heavy atom. The second-order valence-electron chi connectivity index (χ2n) is 6.38. The highest BCUT2D eigenvalue weighted by atomic mass is 32.2. The van der Waals surface area contributed by atoms with Crippen LogP contribution in [0.4, 0.5) is 26.7 Å². The molecule has 0 bridgehead atoms. The van der Waals surface area contributed by atoms with Gasteiger partial charge in [-0.1, -0.05) is 48.0 Å². The molecule has 30 heavy (non-hydrogen) atoms. The van der Waals surface area contributed by atoms with Crippen molar-refractivity contribution in [2.24, 2.45) is 5.73 Å². The molecule has 9 heteroatoms. The van der Waals surface area contributed by atoms with E-state index in [1.165, 1.54) is 30.3 Å². The summed E-state index contributed by atoms with van der Waals surface area (Å²) in [5.41, 5.74) is 6.86. The zero-order valence-corrected chi connectivity index (χ0v) is 16.9. The van der Waals surface area contributed by atoms with E-state index in [4.69, 9.17) is 5.73 Å². The summed E-state index contributed by atoms with van der Waals surface area (Å²) in [4.78, 5) is 24.4. The smallest absolute Gasteiger partial charge is 0.333 e. The van der Waals surface area contributed by atoms with Crippen molar-refractivity contribution in [2.45, 2.75) is 11.8 Å². The van der Waals surface area contributed by atoms with E-state index >= 15 is 0 Å². The van der Waals surface area contributed by atoms with Gasteiger partial charge in [0, 0.05) is 5.69 Å². The van der Waals surface area contributed by atoms with Gasteiger partial charge < -0.3 is 16.4 Å². The highest BCUT2D eigenvalue weighted by Crippen LogP contribution is 2.31. The zero-order valence-electron chi connectivity index (χ0n) is 16.1. The van der Waals surface area contributed by atoms with Crippen LogP contribution in [0.3, 0.4) is 0 Å². The molecule has 0 saturated carbocycles. The summed E-state index contributed by atoms with van der Waals surface area (Å²) in [5.74, 6) is 0. The number of carbonyl (C=O) groups excluding carboxylic acids is 2. The minimum absolute atomic E-state index is 0.0752. The van der Waals surface area contributed by atoms with E-state index in [2.05, 4.69) is 10.6 Å². The van der Waals surface area contributed by atoms with E-state index in [9.17, 15) is 18.0 Å². The van der Waals surface area contributed by atoms with E-state index < -0.39 is 22.1 Å². The molecule has 0 atom stereocenters. The molecule has 0 aliphatic carbocycles. The summed E-state index contributed by atoms with van der Waals surface area (Å²) >= 11 is 0. The van der Waals surface area contributed by atoms with Crippen LogP contribution in [-0.2, 0) is 10.0 Å². The number of anilines is 3. The minimum Gasteiger partial charge on any atom is -0.350 e. The molecular formula is C21H20N4O4S. The number of carbonyl (C=O) groups is 2. The van der Waals surface area contributed by atoms with Crippen LogP contribution >= 0.6 is 0 Å². The predicted molar refractivity (Wildman–Crippen MR) is 116 cm³/mol. The first-order chi connectivity index (χ1) is 14.3. The van der Waals surface area contributed by atoms with Crippen molar-refractivity contribution >= 4 is 39.1 Å². The Hall–Kier alpha value is -3.85. The first-order valence-corrected chi connectivity index (χ1v) is 10.4. The number of amides is 4. The van der Waals surface area contributed by atoms with Gasteiger partial charge in [0.1, 0.15) is 0 Å². The van der Waals surface area contributed by atoms with Gasteiger partial charge in [-0.2, -0.15) is 4.31 Å². The summed E-state index contributed by atoms with van der Waals surface area (Å²) in [5, 5.41) is 5.19. The van der Waals surface area contributed by atoms with Crippen molar-refractivity contribution in [2.75, 3.05) is 14.9 Å². The first-order valence-electron chi connectivity index (χ1n) is 8.92. The molecule has 154 valence electrons. The van der Waals surface area contributed by atoms with E-state index in [0.29, 0.717) is 9.99 Å². The van der Waals surface area contributed by atoms with Crippen LogP contribution < -0.4 is 20.7 Å². The molecule has 8 nitrogen and oxygen atoms in total. The molecule has 0 unspecified atom stereocenters. The molecule has 0 heterocycles. The highest BCUT2D eigenvalue weighted by molar-refractivity contribution is 7.93. The van der Waals surface area contributed by atoms with Gasteiger partial charge >= 0.3 is 12.1 Å². The van der Waals surface area contributed by atoms with E-state index in [1.54, 1.807) is 48.5 Å². The van der Waals surface area contributed by atoms with Crippen LogP contribution in [0.1, 0.15) is 5.56 Å². The van der Waals surface area contributed by atoms with Gasteiger partial charge in [0.25, 0.3) is 10.0 Å². The fourth-order valence-electron chi connectivity index (χ4n) is 2.74. The van der Waals surface area contributed by atoms with Crippen molar-refractivity contribution in [3.05, 3.63) is 84.4 Å². The van der Waals surface area contributed by atoms with Crippen LogP contribution in [0.15, 0.2) is 83.8 Å². The SMILES string of the molecule is Cc1ccc(S(=O)(=O)N(C(N)=O)c2ccccc2NC(=O)Nc2ccccc2)cc1. The molecule has 0 aliphatic rings. The van der Waals surface area contributed by atoms with Gasteiger partial charge in [0.05, 0.1) is 16.3 Å². The molecule has 0 fully saturated rings. The lowest BCUT2D eigenvalue weighted by molar-refractivity contribution is 0.256. The third kappa shape index (κ3) is 4.58. The maximum absolute atomic E-state index is 13.1. The lowest BCUT2D eigenvalue weighted by atomic mass is 10.2. The van der Waals surface area contributed by atoms with Crippen molar-refractivity contribution in [1.82, 2.24) is 0 Å². The Bertz CT molecular complexity index is 1160. The van der Waals surface area contributed by atoms with Gasteiger partial charge in [-0.05, 0) is 43.3 Å². The standard InChI is InChI=1S/C21H20N4O4S/c1-15-11-13-17(14-12-15)30(28,29)25(20(22)26)19-10-6-5-9-18(19)24-21(27)23-16-7-3-2-4-8-16/h2-14H,1H3,(H2,22,26)(H2,23,24,27). The Kier molecular flexibility index (Phi) is 6.03. The number of nitrogens with zero attached hydrogens (tertiary/aromatic N) is 1. The summed E-state index contributed by atoms with van der Waals surface area (Å²) in [6.45, 7) is 1.81. The topological polar surface area (TPSA) is 122 Å². The number of rotatable bonds is 5. The summed E-state index contributed by atoms with van der Waals surface area (Å²) in [6, 6.07) is 18.9. The van der Waals surface area contributed by atoms with E-state index in [1.807, 2.05) is 6.92 Å². The molecule has 4 N–H and O–H groups in total. The Balaban J connectivity index is 1.95. The van der Waals surface area contributed by atoms with Crippen LogP contribution in [0.2, 0.25) is 0 Å². The lowest BCUT2D eigenvalue weighted by Crippen LogP contribution is -2.41. The number of urea groups is 2. The molecule has 4 amide bonds. The third-order valence-corrected chi connectivity index (χ3v) is 5.89. The maximum Gasteiger partial charge on any atom is 0.333 e. The van der Waals surface area contributed by atoms with E-state index in [0.717, 1.165) is 5.56 Å². The second-order valence-corrected chi connectivity index (χ2v) is 8.17. The predicted octanol–water partition coefficient (Wildman–Crippen LogP) is 3.91. The van der Waals surface area contributed by atoms with Gasteiger partial charge in [-0.3, -0.25) is 0 Å². The molecule has 3 aromatic carbocycles. The van der Waals surface area contributed by atoms with Crippen molar-refractivity contribution in [1.29, 1.82) is 0 Å². The number of para-hydroxylation sites is 3. The van der Waals surface area contributed by atoms with Crippen molar-refractivity contribution in [3.63, 3.8) is 0 Å². The number of hydrogen-bond acceptors (Lipinski definition) is 4. The van der Waals surface area contributed by atoms with E-state index in [-0.39, 0.29) is 16.3 Å². The summed E-state index contributed by atoms with van der Waals surface area (Å²) in [6.07, 6.45) is 0. The van der Waals surface area contributed by atoms with Crippen LogP contribution in [-0.4, -0.2) is 20.5 Å². The second kappa shape index (κ2) is 8.66. The number of hydrogen-bond donors (Lipinski definition) is 3. The zero-order chi connectivity index (χ0) is 21.7. The first kappa shape index (κ1) is 20.9. The third-order valence-electron chi connectivity index (χ3n) is 4.16. The fourth-order valence-corrected chi connectivity index (χ4v) is 4.09. The molecule has 0 aliphatic heterocycles. The number of sulfonamides is 1. The molecule has 3 rings (SSSR count). The quantitative estimate of drug-likeness (QED) is 0.575. The van der Waals surface area contributed by atoms with Crippen molar-refractivity contribution in [3.8, 4) is 0 Å². The monoisotopic (exact) mass is 424 g/mol.